The minimum Gasteiger partial charge on any atom is -0.383 e. The van der Waals surface area contributed by atoms with Crippen molar-refractivity contribution in [1.82, 2.24) is 9.97 Å². The van der Waals surface area contributed by atoms with Crippen LogP contribution in [0.1, 0.15) is 35.1 Å². The zero-order valence-corrected chi connectivity index (χ0v) is 13.1. The molecular weight excluding hydrogens is 302 g/mol. The van der Waals surface area contributed by atoms with E-state index in [-0.39, 0.29) is 0 Å². The van der Waals surface area contributed by atoms with Crippen LogP contribution in [-0.2, 0) is 12.8 Å². The summed E-state index contributed by atoms with van der Waals surface area (Å²) in [6.45, 7) is 6.29. The molecule has 1 heterocycles. The van der Waals surface area contributed by atoms with Crippen LogP contribution in [0.25, 0.3) is 0 Å². The van der Waals surface area contributed by atoms with Crippen LogP contribution >= 0.6 is 15.9 Å². The zero-order valence-electron chi connectivity index (χ0n) is 11.5. The molecule has 1 aromatic carbocycles. The van der Waals surface area contributed by atoms with E-state index in [2.05, 4.69) is 64.9 Å². The standard InChI is InChI=1S/C15H18BrN3/c1-4-12-14(16)15(17)19-13(18-12)8-11-6-5-9(2)10(3)7-11/h5-7H,4,8H2,1-3H3,(H2,17,18,19). The van der Waals surface area contributed by atoms with Gasteiger partial charge in [0.15, 0.2) is 0 Å². The number of hydrogen-bond acceptors (Lipinski definition) is 3. The summed E-state index contributed by atoms with van der Waals surface area (Å²) in [6.07, 6.45) is 1.55. The fourth-order valence-corrected chi connectivity index (χ4v) is 2.43. The predicted octanol–water partition coefficient (Wildman–Crippen LogP) is 3.59. The molecule has 0 fully saturated rings. The van der Waals surface area contributed by atoms with Crippen molar-refractivity contribution < 1.29 is 0 Å². The Kier molecular flexibility index (Phi) is 4.20. The number of nitrogens with two attached hydrogens (primary N) is 1. The van der Waals surface area contributed by atoms with Gasteiger partial charge in [-0.05, 0) is 52.9 Å². The number of aromatic nitrogens is 2. The van der Waals surface area contributed by atoms with E-state index in [1.807, 2.05) is 0 Å². The molecule has 0 aliphatic heterocycles. The Hall–Kier alpha value is -1.42. The van der Waals surface area contributed by atoms with Gasteiger partial charge >= 0.3 is 0 Å². The van der Waals surface area contributed by atoms with E-state index < -0.39 is 0 Å². The quantitative estimate of drug-likeness (QED) is 0.940. The number of hydrogen-bond donors (Lipinski definition) is 1. The predicted molar refractivity (Wildman–Crippen MR) is 82.2 cm³/mol. The number of aryl methyl sites for hydroxylation is 3. The average Bonchev–Trinajstić information content (AvgIpc) is 2.38. The lowest BCUT2D eigenvalue weighted by molar-refractivity contribution is 0.901. The minimum absolute atomic E-state index is 0.519. The van der Waals surface area contributed by atoms with Crippen molar-refractivity contribution in [3.05, 3.63) is 50.9 Å². The molecule has 1 aromatic heterocycles. The van der Waals surface area contributed by atoms with Crippen LogP contribution in [-0.4, -0.2) is 9.97 Å². The average molecular weight is 320 g/mol. The van der Waals surface area contributed by atoms with E-state index in [9.17, 15) is 0 Å². The lowest BCUT2D eigenvalue weighted by atomic mass is 10.0. The maximum Gasteiger partial charge on any atom is 0.141 e. The molecule has 0 radical (unpaired) electrons. The summed E-state index contributed by atoms with van der Waals surface area (Å²) in [5.74, 6) is 1.30. The van der Waals surface area contributed by atoms with Gasteiger partial charge in [-0.1, -0.05) is 25.1 Å². The zero-order chi connectivity index (χ0) is 14.0. The summed E-state index contributed by atoms with van der Waals surface area (Å²) in [5, 5.41) is 0. The van der Waals surface area contributed by atoms with Crippen molar-refractivity contribution >= 4 is 21.7 Å². The lowest BCUT2D eigenvalue weighted by Crippen LogP contribution is -2.05. The highest BCUT2D eigenvalue weighted by Crippen LogP contribution is 2.22. The highest BCUT2D eigenvalue weighted by Gasteiger charge is 2.09. The minimum atomic E-state index is 0.519. The first-order valence-electron chi connectivity index (χ1n) is 6.38. The molecule has 3 nitrogen and oxygen atoms in total. The van der Waals surface area contributed by atoms with E-state index in [1.54, 1.807) is 0 Å². The van der Waals surface area contributed by atoms with Crippen LogP contribution in [0.2, 0.25) is 0 Å². The third-order valence-electron chi connectivity index (χ3n) is 3.26. The number of anilines is 1. The first kappa shape index (κ1) is 14.0. The Bertz CT molecular complexity index is 609. The highest BCUT2D eigenvalue weighted by atomic mass is 79.9. The topological polar surface area (TPSA) is 51.8 Å². The maximum absolute atomic E-state index is 5.91. The maximum atomic E-state index is 5.91. The molecular formula is C15H18BrN3. The van der Waals surface area contributed by atoms with Crippen LogP contribution in [0.15, 0.2) is 22.7 Å². The normalized spacial score (nSPS) is 10.7. The summed E-state index contributed by atoms with van der Waals surface area (Å²) >= 11 is 3.43. The smallest absolute Gasteiger partial charge is 0.141 e. The van der Waals surface area contributed by atoms with E-state index in [0.717, 1.165) is 22.4 Å². The first-order chi connectivity index (χ1) is 9.01. The molecule has 0 aliphatic rings. The summed E-state index contributed by atoms with van der Waals surface area (Å²) in [4.78, 5) is 8.91. The second-order valence-corrected chi connectivity index (χ2v) is 5.53. The SMILES string of the molecule is CCc1nc(Cc2ccc(C)c(C)c2)nc(N)c1Br. The fourth-order valence-electron chi connectivity index (χ4n) is 1.98. The largest absolute Gasteiger partial charge is 0.383 e. The van der Waals surface area contributed by atoms with Gasteiger partial charge < -0.3 is 5.73 Å². The molecule has 19 heavy (non-hydrogen) atoms. The van der Waals surface area contributed by atoms with Crippen molar-refractivity contribution in [3.8, 4) is 0 Å². The Morgan fingerprint density at radius 3 is 2.53 bits per heavy atom. The Morgan fingerprint density at radius 1 is 1.16 bits per heavy atom. The van der Waals surface area contributed by atoms with Crippen LogP contribution < -0.4 is 5.73 Å². The van der Waals surface area contributed by atoms with Gasteiger partial charge in [-0.2, -0.15) is 0 Å². The van der Waals surface area contributed by atoms with Crippen molar-refractivity contribution in [1.29, 1.82) is 0 Å². The number of benzene rings is 1. The molecule has 100 valence electrons. The number of rotatable bonds is 3. The number of nitrogen functional groups attached to an aromatic ring is 1. The molecule has 0 aliphatic carbocycles. The lowest BCUT2D eigenvalue weighted by Gasteiger charge is -2.08. The fraction of sp³-hybridized carbons (Fsp3) is 0.333. The Morgan fingerprint density at radius 2 is 1.89 bits per heavy atom. The molecule has 2 N–H and O–H groups in total. The molecule has 0 saturated carbocycles. The van der Waals surface area contributed by atoms with Crippen LogP contribution in [0.3, 0.4) is 0 Å². The second-order valence-electron chi connectivity index (χ2n) is 4.73. The van der Waals surface area contributed by atoms with Crippen molar-refractivity contribution in [2.75, 3.05) is 5.73 Å². The molecule has 4 heteroatoms. The molecule has 0 saturated heterocycles. The first-order valence-corrected chi connectivity index (χ1v) is 7.17. The molecule has 0 atom stereocenters. The monoisotopic (exact) mass is 319 g/mol. The van der Waals surface area contributed by atoms with Crippen LogP contribution in [0.5, 0.6) is 0 Å². The van der Waals surface area contributed by atoms with Gasteiger partial charge in [0.2, 0.25) is 0 Å². The highest BCUT2D eigenvalue weighted by molar-refractivity contribution is 9.10. The van der Waals surface area contributed by atoms with Gasteiger partial charge in [0.05, 0.1) is 10.2 Å². The van der Waals surface area contributed by atoms with E-state index in [1.165, 1.54) is 16.7 Å². The molecule has 2 aromatic rings. The van der Waals surface area contributed by atoms with Gasteiger partial charge in [0.25, 0.3) is 0 Å². The van der Waals surface area contributed by atoms with Gasteiger partial charge in [-0.25, -0.2) is 9.97 Å². The van der Waals surface area contributed by atoms with E-state index >= 15 is 0 Å². The third kappa shape index (κ3) is 3.13. The number of halogens is 1. The molecule has 2 rings (SSSR count). The summed E-state index contributed by atoms with van der Waals surface area (Å²) in [7, 11) is 0. The molecule has 0 spiro atoms. The second kappa shape index (κ2) is 5.70. The molecule has 0 bridgehead atoms. The van der Waals surface area contributed by atoms with Crippen molar-refractivity contribution in [3.63, 3.8) is 0 Å². The number of nitrogens with zero attached hydrogens (tertiary/aromatic N) is 2. The summed E-state index contributed by atoms with van der Waals surface area (Å²) in [6, 6.07) is 6.44. The Labute approximate surface area is 122 Å². The van der Waals surface area contributed by atoms with E-state index in [0.29, 0.717) is 12.2 Å². The molecule has 0 unspecified atom stereocenters. The van der Waals surface area contributed by atoms with Gasteiger partial charge in [-0.3, -0.25) is 0 Å². The van der Waals surface area contributed by atoms with Gasteiger partial charge in [-0.15, -0.1) is 0 Å². The van der Waals surface area contributed by atoms with Crippen LogP contribution in [0.4, 0.5) is 5.82 Å². The van der Waals surface area contributed by atoms with E-state index in [4.69, 9.17) is 5.73 Å². The third-order valence-corrected chi connectivity index (χ3v) is 4.12. The van der Waals surface area contributed by atoms with Gasteiger partial charge in [0.1, 0.15) is 11.6 Å². The van der Waals surface area contributed by atoms with Crippen molar-refractivity contribution in [2.24, 2.45) is 0 Å². The van der Waals surface area contributed by atoms with Crippen molar-refractivity contribution in [2.45, 2.75) is 33.6 Å². The molecule has 0 amide bonds. The summed E-state index contributed by atoms with van der Waals surface area (Å²) in [5.41, 5.74) is 10.7. The van der Waals surface area contributed by atoms with Gasteiger partial charge in [0, 0.05) is 6.42 Å². The summed E-state index contributed by atoms with van der Waals surface area (Å²) < 4.78 is 0.818. The van der Waals surface area contributed by atoms with Crippen LogP contribution in [0, 0.1) is 13.8 Å². The Balaban J connectivity index is 2.32.